The van der Waals surface area contributed by atoms with Crippen LogP contribution in [0.5, 0.6) is 0 Å². The van der Waals surface area contributed by atoms with Gasteiger partial charge in [-0.05, 0) is 12.1 Å². The van der Waals surface area contributed by atoms with Gasteiger partial charge in [0.05, 0.1) is 6.61 Å². The summed E-state index contributed by atoms with van der Waals surface area (Å²) in [6, 6.07) is 8.73. The molecule has 0 aliphatic carbocycles. The van der Waals surface area contributed by atoms with Crippen molar-refractivity contribution in [3.05, 3.63) is 30.3 Å². The van der Waals surface area contributed by atoms with Crippen molar-refractivity contribution in [2.24, 2.45) is 0 Å². The maximum atomic E-state index is 11.4. The summed E-state index contributed by atoms with van der Waals surface area (Å²) < 4.78 is 4.70. The molecule has 6 nitrogen and oxygen atoms in total. The molecule has 0 heterocycles. The minimum absolute atomic E-state index is 0.0888. The number of carboxylic acid groups (broad SMARTS) is 1. The fourth-order valence-electron chi connectivity index (χ4n) is 1.40. The predicted molar refractivity (Wildman–Crippen MR) is 64.3 cm³/mol. The summed E-state index contributed by atoms with van der Waals surface area (Å²) in [7, 11) is 0. The molecule has 0 aliphatic rings. The maximum absolute atomic E-state index is 11.4. The number of hydrogen-bond donors (Lipinski definition) is 2. The highest BCUT2D eigenvalue weighted by atomic mass is 16.5. The molecule has 2 N–H and O–H groups in total. The van der Waals surface area contributed by atoms with E-state index in [-0.39, 0.29) is 26.3 Å². The Hall–Kier alpha value is -2.08. The lowest BCUT2D eigenvalue weighted by molar-refractivity contribution is -0.143. The molecule has 0 radical (unpaired) electrons. The van der Waals surface area contributed by atoms with E-state index in [0.29, 0.717) is 5.69 Å². The lowest BCUT2D eigenvalue weighted by Gasteiger charge is -2.21. The van der Waals surface area contributed by atoms with Gasteiger partial charge in [-0.15, -0.1) is 0 Å². The third-order valence-electron chi connectivity index (χ3n) is 2.12. The molecular formula is C12H15NO5. The van der Waals surface area contributed by atoms with Crippen LogP contribution in [0.4, 0.5) is 5.69 Å². The Morgan fingerprint density at radius 3 is 2.39 bits per heavy atom. The number of aliphatic hydroxyl groups is 1. The molecule has 1 aromatic carbocycles. The van der Waals surface area contributed by atoms with Crippen molar-refractivity contribution in [2.45, 2.75) is 0 Å². The van der Waals surface area contributed by atoms with Gasteiger partial charge in [-0.1, -0.05) is 18.2 Å². The van der Waals surface area contributed by atoms with Crippen LogP contribution in [0.25, 0.3) is 0 Å². The van der Waals surface area contributed by atoms with E-state index >= 15 is 0 Å². The fourth-order valence-corrected chi connectivity index (χ4v) is 1.40. The normalized spacial score (nSPS) is 9.83. The topological polar surface area (TPSA) is 87.1 Å². The Balaban J connectivity index is 2.67. The van der Waals surface area contributed by atoms with Crippen LogP contribution in [-0.4, -0.2) is 48.5 Å². The zero-order valence-corrected chi connectivity index (χ0v) is 9.78. The summed E-state index contributed by atoms with van der Waals surface area (Å²) in [5, 5.41) is 17.3. The van der Waals surface area contributed by atoms with Gasteiger partial charge in [0.2, 0.25) is 0 Å². The first kappa shape index (κ1) is 14.0. The number of carboxylic acids is 1. The fraction of sp³-hybridized carbons (Fsp3) is 0.333. The summed E-state index contributed by atoms with van der Waals surface area (Å²) in [6.07, 6.45) is 0. The van der Waals surface area contributed by atoms with Crippen molar-refractivity contribution in [2.75, 3.05) is 31.2 Å². The first-order chi connectivity index (χ1) is 8.63. The van der Waals surface area contributed by atoms with Gasteiger partial charge < -0.3 is 19.8 Å². The van der Waals surface area contributed by atoms with E-state index in [1.807, 2.05) is 0 Å². The number of aliphatic carboxylic acids is 1. The van der Waals surface area contributed by atoms with Gasteiger partial charge in [0, 0.05) is 5.69 Å². The number of benzene rings is 1. The zero-order valence-electron chi connectivity index (χ0n) is 9.78. The standard InChI is InChI=1S/C12H15NO5/c14-6-7-18-12(17)9-13(8-11(15)16)10-4-2-1-3-5-10/h1-5,14H,6-9H2,(H,15,16). The van der Waals surface area contributed by atoms with Crippen LogP contribution in [0.1, 0.15) is 0 Å². The van der Waals surface area contributed by atoms with Gasteiger partial charge >= 0.3 is 11.9 Å². The molecule has 0 unspecified atom stereocenters. The second-order valence-electron chi connectivity index (χ2n) is 3.53. The van der Waals surface area contributed by atoms with E-state index in [0.717, 1.165) is 0 Å². The molecule has 0 aromatic heterocycles. The second-order valence-corrected chi connectivity index (χ2v) is 3.53. The van der Waals surface area contributed by atoms with Crippen molar-refractivity contribution in [3.8, 4) is 0 Å². The van der Waals surface area contributed by atoms with Gasteiger partial charge in [-0.3, -0.25) is 9.59 Å². The molecule has 0 bridgehead atoms. The Morgan fingerprint density at radius 1 is 1.17 bits per heavy atom. The molecule has 0 spiro atoms. The highest BCUT2D eigenvalue weighted by molar-refractivity contribution is 5.80. The van der Waals surface area contributed by atoms with E-state index in [1.54, 1.807) is 30.3 Å². The molecule has 0 fully saturated rings. The highest BCUT2D eigenvalue weighted by Gasteiger charge is 2.15. The lowest BCUT2D eigenvalue weighted by atomic mass is 10.3. The van der Waals surface area contributed by atoms with Crippen molar-refractivity contribution < 1.29 is 24.5 Å². The van der Waals surface area contributed by atoms with Crippen LogP contribution >= 0.6 is 0 Å². The molecule has 0 saturated carbocycles. The van der Waals surface area contributed by atoms with Crippen LogP contribution in [0.15, 0.2) is 30.3 Å². The molecule has 0 saturated heterocycles. The highest BCUT2D eigenvalue weighted by Crippen LogP contribution is 2.12. The van der Waals surface area contributed by atoms with Crippen molar-refractivity contribution in [1.29, 1.82) is 0 Å². The van der Waals surface area contributed by atoms with Gasteiger partial charge in [-0.2, -0.15) is 0 Å². The summed E-state index contributed by atoms with van der Waals surface area (Å²) >= 11 is 0. The Kier molecular flexibility index (Phi) is 5.66. The van der Waals surface area contributed by atoms with E-state index < -0.39 is 11.9 Å². The number of para-hydroxylation sites is 1. The number of aliphatic hydroxyl groups excluding tert-OH is 1. The quantitative estimate of drug-likeness (QED) is 0.671. The van der Waals surface area contributed by atoms with Crippen LogP contribution in [-0.2, 0) is 14.3 Å². The largest absolute Gasteiger partial charge is 0.480 e. The number of anilines is 1. The summed E-state index contributed by atoms with van der Waals surface area (Å²) in [5.74, 6) is -1.61. The number of ether oxygens (including phenoxy) is 1. The smallest absolute Gasteiger partial charge is 0.325 e. The molecule has 1 aromatic rings. The Morgan fingerprint density at radius 2 is 1.83 bits per heavy atom. The lowest BCUT2D eigenvalue weighted by Crippen LogP contribution is -2.35. The number of carbonyl (C=O) groups is 2. The van der Waals surface area contributed by atoms with Crippen LogP contribution in [0, 0.1) is 0 Å². The molecule has 18 heavy (non-hydrogen) atoms. The number of rotatable bonds is 7. The minimum Gasteiger partial charge on any atom is -0.480 e. The average molecular weight is 253 g/mol. The zero-order chi connectivity index (χ0) is 13.4. The first-order valence-electron chi connectivity index (χ1n) is 5.41. The maximum Gasteiger partial charge on any atom is 0.325 e. The van der Waals surface area contributed by atoms with E-state index in [1.165, 1.54) is 4.90 Å². The number of nitrogens with zero attached hydrogens (tertiary/aromatic N) is 1. The second kappa shape index (κ2) is 7.29. The molecule has 6 heteroatoms. The number of hydrogen-bond acceptors (Lipinski definition) is 5. The molecule has 98 valence electrons. The van der Waals surface area contributed by atoms with Crippen LogP contribution in [0.3, 0.4) is 0 Å². The molecule has 0 atom stereocenters. The minimum atomic E-state index is -1.03. The molecule has 0 aliphatic heterocycles. The van der Waals surface area contributed by atoms with Crippen molar-refractivity contribution in [3.63, 3.8) is 0 Å². The Bertz CT molecular complexity index is 393. The van der Waals surface area contributed by atoms with Crippen LogP contribution < -0.4 is 4.90 Å². The van der Waals surface area contributed by atoms with Gasteiger partial charge in [0.1, 0.15) is 19.7 Å². The molecular weight excluding hydrogens is 238 g/mol. The van der Waals surface area contributed by atoms with Gasteiger partial charge in [0.15, 0.2) is 0 Å². The first-order valence-corrected chi connectivity index (χ1v) is 5.41. The molecule has 0 amide bonds. The van der Waals surface area contributed by atoms with Crippen molar-refractivity contribution >= 4 is 17.6 Å². The third kappa shape index (κ3) is 4.84. The summed E-state index contributed by atoms with van der Waals surface area (Å²) in [4.78, 5) is 23.5. The monoisotopic (exact) mass is 253 g/mol. The van der Waals surface area contributed by atoms with Gasteiger partial charge in [0.25, 0.3) is 0 Å². The number of carbonyl (C=O) groups excluding carboxylic acids is 1. The van der Waals surface area contributed by atoms with E-state index in [9.17, 15) is 9.59 Å². The van der Waals surface area contributed by atoms with Crippen LogP contribution in [0.2, 0.25) is 0 Å². The third-order valence-corrected chi connectivity index (χ3v) is 2.12. The van der Waals surface area contributed by atoms with E-state index in [4.69, 9.17) is 14.9 Å². The SMILES string of the molecule is O=C(O)CN(CC(=O)OCCO)c1ccccc1. The summed E-state index contributed by atoms with van der Waals surface area (Å²) in [5.41, 5.74) is 0.626. The average Bonchev–Trinajstić information content (AvgIpc) is 2.36. The Labute approximate surface area is 104 Å². The summed E-state index contributed by atoms with van der Waals surface area (Å²) in [6.45, 7) is -0.806. The van der Waals surface area contributed by atoms with E-state index in [2.05, 4.69) is 0 Å². The number of esters is 1. The molecule has 1 rings (SSSR count). The van der Waals surface area contributed by atoms with Gasteiger partial charge in [-0.25, -0.2) is 0 Å². The predicted octanol–water partition coefficient (Wildman–Crippen LogP) is 0.113. The van der Waals surface area contributed by atoms with Crippen molar-refractivity contribution in [1.82, 2.24) is 0 Å².